The van der Waals surface area contributed by atoms with Gasteiger partial charge >= 0.3 is 0 Å². The maximum atomic E-state index is 13.6. The third-order valence-corrected chi connectivity index (χ3v) is 3.54. The van der Waals surface area contributed by atoms with Crippen LogP contribution in [0.1, 0.15) is 11.1 Å². The lowest BCUT2D eigenvalue weighted by Gasteiger charge is -2.20. The number of halogens is 2. The molecule has 2 rings (SSSR count). The summed E-state index contributed by atoms with van der Waals surface area (Å²) in [5.41, 5.74) is 3.03. The van der Waals surface area contributed by atoms with E-state index in [0.717, 1.165) is 11.0 Å². The number of hydrogen-bond acceptors (Lipinski definition) is 1. The molecule has 0 N–H and O–H groups in total. The molecule has 0 amide bonds. The maximum Gasteiger partial charge on any atom is 0.128 e. The second-order valence-corrected chi connectivity index (χ2v) is 4.81. The first-order valence-electron chi connectivity index (χ1n) is 5.80. The van der Waals surface area contributed by atoms with Crippen LogP contribution >= 0.6 is 15.9 Å². The molecular weight excluding hydrogens is 293 g/mol. The fourth-order valence-electron chi connectivity index (χ4n) is 1.81. The molecule has 0 unspecified atom stereocenters. The van der Waals surface area contributed by atoms with Crippen molar-refractivity contribution in [1.82, 2.24) is 0 Å². The Bertz CT molecular complexity index is 510. The second kappa shape index (κ2) is 6.01. The zero-order valence-electron chi connectivity index (χ0n) is 10.2. The minimum Gasteiger partial charge on any atom is -0.370 e. The van der Waals surface area contributed by atoms with E-state index in [4.69, 9.17) is 0 Å². The Balaban J connectivity index is 2.11. The van der Waals surface area contributed by atoms with Crippen LogP contribution in [-0.2, 0) is 11.9 Å². The van der Waals surface area contributed by atoms with E-state index in [2.05, 4.69) is 40.2 Å². The van der Waals surface area contributed by atoms with E-state index in [0.29, 0.717) is 12.1 Å². The zero-order valence-corrected chi connectivity index (χ0v) is 11.8. The van der Waals surface area contributed by atoms with E-state index >= 15 is 0 Å². The second-order valence-electron chi connectivity index (χ2n) is 4.25. The number of hydrogen-bond donors (Lipinski definition) is 0. The van der Waals surface area contributed by atoms with E-state index in [1.807, 2.05) is 24.1 Å². The van der Waals surface area contributed by atoms with Crippen LogP contribution in [0.15, 0.2) is 48.5 Å². The van der Waals surface area contributed by atoms with Crippen molar-refractivity contribution in [3.05, 3.63) is 65.5 Å². The molecule has 2 aromatic rings. The van der Waals surface area contributed by atoms with Gasteiger partial charge in [-0.15, -0.1) is 0 Å². The third kappa shape index (κ3) is 3.10. The molecule has 0 heterocycles. The van der Waals surface area contributed by atoms with E-state index in [1.165, 1.54) is 11.6 Å². The molecule has 0 saturated carbocycles. The van der Waals surface area contributed by atoms with E-state index in [-0.39, 0.29) is 5.82 Å². The molecule has 0 aromatic heterocycles. The Labute approximate surface area is 115 Å². The SMILES string of the molecule is CN(Cc1ccccc1F)c1ccc(CBr)cc1. The highest BCUT2D eigenvalue weighted by atomic mass is 79.9. The fourth-order valence-corrected chi connectivity index (χ4v) is 2.19. The minimum absolute atomic E-state index is 0.151. The average Bonchev–Trinajstić information content (AvgIpc) is 2.41. The molecule has 0 saturated heterocycles. The Hall–Kier alpha value is -1.35. The molecule has 18 heavy (non-hydrogen) atoms. The summed E-state index contributed by atoms with van der Waals surface area (Å²) in [6, 6.07) is 15.1. The third-order valence-electron chi connectivity index (χ3n) is 2.90. The minimum atomic E-state index is -0.151. The molecule has 94 valence electrons. The summed E-state index contributed by atoms with van der Waals surface area (Å²) in [6.45, 7) is 0.570. The van der Waals surface area contributed by atoms with E-state index in [1.54, 1.807) is 6.07 Å². The molecule has 0 aliphatic rings. The predicted octanol–water partition coefficient (Wildman–Crippen LogP) is 4.36. The zero-order chi connectivity index (χ0) is 13.0. The fraction of sp³-hybridized carbons (Fsp3) is 0.200. The summed E-state index contributed by atoms with van der Waals surface area (Å²) < 4.78 is 13.6. The highest BCUT2D eigenvalue weighted by Crippen LogP contribution is 2.18. The number of rotatable bonds is 4. The molecule has 0 bridgehead atoms. The normalized spacial score (nSPS) is 10.4. The smallest absolute Gasteiger partial charge is 0.128 e. The van der Waals surface area contributed by atoms with Gasteiger partial charge in [0.1, 0.15) is 5.82 Å². The first-order valence-corrected chi connectivity index (χ1v) is 6.92. The molecule has 0 radical (unpaired) electrons. The van der Waals surface area contributed by atoms with Gasteiger partial charge in [0.2, 0.25) is 0 Å². The topological polar surface area (TPSA) is 3.24 Å². The van der Waals surface area contributed by atoms with Crippen molar-refractivity contribution in [3.63, 3.8) is 0 Å². The van der Waals surface area contributed by atoms with Crippen molar-refractivity contribution in [3.8, 4) is 0 Å². The highest BCUT2D eigenvalue weighted by Gasteiger charge is 2.05. The molecular formula is C15H15BrFN. The summed E-state index contributed by atoms with van der Waals surface area (Å²) >= 11 is 3.42. The molecule has 0 aliphatic carbocycles. The van der Waals surface area contributed by atoms with Crippen LogP contribution < -0.4 is 4.90 Å². The lowest BCUT2D eigenvalue weighted by molar-refractivity contribution is 0.608. The van der Waals surface area contributed by atoms with E-state index < -0.39 is 0 Å². The van der Waals surface area contributed by atoms with Gasteiger partial charge < -0.3 is 4.90 Å². The molecule has 2 aromatic carbocycles. The monoisotopic (exact) mass is 307 g/mol. The quantitative estimate of drug-likeness (QED) is 0.759. The van der Waals surface area contributed by atoms with Crippen LogP contribution in [0.2, 0.25) is 0 Å². The van der Waals surface area contributed by atoms with Gasteiger partial charge in [0, 0.05) is 30.2 Å². The Kier molecular flexibility index (Phi) is 4.37. The molecule has 0 aliphatic heterocycles. The van der Waals surface area contributed by atoms with Gasteiger partial charge in [0.25, 0.3) is 0 Å². The summed E-state index contributed by atoms with van der Waals surface area (Å²) in [7, 11) is 1.97. The van der Waals surface area contributed by atoms with Gasteiger partial charge in [-0.3, -0.25) is 0 Å². The molecule has 1 nitrogen and oxygen atoms in total. The number of nitrogens with zero attached hydrogens (tertiary/aromatic N) is 1. The summed E-state index contributed by atoms with van der Waals surface area (Å²) in [5, 5.41) is 0.851. The highest BCUT2D eigenvalue weighted by molar-refractivity contribution is 9.08. The average molecular weight is 308 g/mol. The maximum absolute atomic E-state index is 13.6. The van der Waals surface area contributed by atoms with Gasteiger partial charge in [0.05, 0.1) is 0 Å². The molecule has 3 heteroatoms. The van der Waals surface area contributed by atoms with Crippen LogP contribution in [0.25, 0.3) is 0 Å². The number of alkyl halides is 1. The van der Waals surface area contributed by atoms with Gasteiger partial charge in [-0.05, 0) is 23.8 Å². The summed E-state index contributed by atoms with van der Waals surface area (Å²) in [4.78, 5) is 2.04. The van der Waals surface area contributed by atoms with Gasteiger partial charge in [-0.25, -0.2) is 4.39 Å². The van der Waals surface area contributed by atoms with Crippen LogP contribution in [0.4, 0.5) is 10.1 Å². The van der Waals surface area contributed by atoms with Crippen molar-refractivity contribution in [2.75, 3.05) is 11.9 Å². The molecule has 0 spiro atoms. The van der Waals surface area contributed by atoms with Crippen LogP contribution in [0.5, 0.6) is 0 Å². The lowest BCUT2D eigenvalue weighted by Crippen LogP contribution is -2.17. The summed E-state index contributed by atoms with van der Waals surface area (Å²) in [5.74, 6) is -0.151. The lowest BCUT2D eigenvalue weighted by atomic mass is 10.1. The Morgan fingerprint density at radius 3 is 2.33 bits per heavy atom. The Morgan fingerprint density at radius 1 is 1.06 bits per heavy atom. The molecule has 0 fully saturated rings. The van der Waals surface area contributed by atoms with E-state index in [9.17, 15) is 4.39 Å². The molecule has 0 atom stereocenters. The van der Waals surface area contributed by atoms with Gasteiger partial charge in [-0.2, -0.15) is 0 Å². The van der Waals surface area contributed by atoms with Crippen molar-refractivity contribution < 1.29 is 4.39 Å². The van der Waals surface area contributed by atoms with Crippen molar-refractivity contribution in [1.29, 1.82) is 0 Å². The first-order chi connectivity index (χ1) is 8.70. The van der Waals surface area contributed by atoms with Crippen molar-refractivity contribution >= 4 is 21.6 Å². The Morgan fingerprint density at radius 2 is 1.72 bits per heavy atom. The van der Waals surface area contributed by atoms with Gasteiger partial charge in [0.15, 0.2) is 0 Å². The standard InChI is InChI=1S/C15H15BrFN/c1-18(11-13-4-2-3-5-15(13)17)14-8-6-12(10-16)7-9-14/h2-9H,10-11H2,1H3. The number of anilines is 1. The van der Waals surface area contributed by atoms with Gasteiger partial charge in [-0.1, -0.05) is 46.3 Å². The van der Waals surface area contributed by atoms with Crippen molar-refractivity contribution in [2.45, 2.75) is 11.9 Å². The van der Waals surface area contributed by atoms with Crippen LogP contribution in [-0.4, -0.2) is 7.05 Å². The van der Waals surface area contributed by atoms with Crippen LogP contribution in [0, 0.1) is 5.82 Å². The largest absolute Gasteiger partial charge is 0.370 e. The summed E-state index contributed by atoms with van der Waals surface area (Å²) in [6.07, 6.45) is 0. The van der Waals surface area contributed by atoms with Crippen molar-refractivity contribution in [2.24, 2.45) is 0 Å². The predicted molar refractivity (Wildman–Crippen MR) is 77.6 cm³/mol. The van der Waals surface area contributed by atoms with Crippen LogP contribution in [0.3, 0.4) is 0 Å². The number of benzene rings is 2. The first kappa shape index (κ1) is 13.1.